The van der Waals surface area contributed by atoms with Crippen molar-refractivity contribution in [2.24, 2.45) is 5.10 Å². The first-order valence-electron chi connectivity index (χ1n) is 9.51. The van der Waals surface area contributed by atoms with Gasteiger partial charge in [0, 0.05) is 10.8 Å². The smallest absolute Gasteiger partial charge is 0.250 e. The fourth-order valence-corrected chi connectivity index (χ4v) is 3.59. The van der Waals surface area contributed by atoms with Gasteiger partial charge in [-0.1, -0.05) is 53.6 Å². The Kier molecular flexibility index (Phi) is 8.36. The third-order valence-electron chi connectivity index (χ3n) is 4.20. The van der Waals surface area contributed by atoms with E-state index in [1.807, 2.05) is 48.5 Å². The Morgan fingerprint density at radius 2 is 1.83 bits per heavy atom. The van der Waals surface area contributed by atoms with Gasteiger partial charge in [-0.2, -0.15) is 5.10 Å². The second-order valence-corrected chi connectivity index (χ2v) is 8.18. The van der Waals surface area contributed by atoms with Crippen molar-refractivity contribution in [3.05, 3.63) is 100 Å². The fraction of sp³-hybridized carbons (Fsp3) is 0.167. The maximum atomic E-state index is 11.9. The minimum absolute atomic E-state index is 0.121. The van der Waals surface area contributed by atoms with Crippen molar-refractivity contribution in [1.29, 1.82) is 0 Å². The zero-order chi connectivity index (χ0) is 21.2. The van der Waals surface area contributed by atoms with Crippen LogP contribution in [0.2, 0.25) is 5.02 Å². The fourth-order valence-electron chi connectivity index (χ4n) is 2.60. The van der Waals surface area contributed by atoms with Gasteiger partial charge in [0.1, 0.15) is 12.4 Å². The molecule has 0 spiro atoms. The van der Waals surface area contributed by atoms with Crippen LogP contribution in [-0.4, -0.2) is 17.9 Å². The number of hydrogen-bond acceptors (Lipinski definition) is 4. The molecule has 0 aliphatic carbocycles. The number of aryl methyl sites for hydroxylation is 1. The van der Waals surface area contributed by atoms with Crippen molar-refractivity contribution >= 4 is 35.5 Å². The summed E-state index contributed by atoms with van der Waals surface area (Å²) in [6.07, 6.45) is 1.61. The predicted molar refractivity (Wildman–Crippen MR) is 125 cm³/mol. The third kappa shape index (κ3) is 7.58. The van der Waals surface area contributed by atoms with E-state index in [1.54, 1.807) is 18.0 Å². The van der Waals surface area contributed by atoms with Gasteiger partial charge in [0.25, 0.3) is 0 Å². The number of hydrazone groups is 1. The van der Waals surface area contributed by atoms with Gasteiger partial charge in [-0.05, 0) is 60.0 Å². The summed E-state index contributed by atoms with van der Waals surface area (Å²) >= 11 is 7.54. The standard InChI is InChI=1S/C24H23ClN2O2S/c1-18-5-7-20(8-6-18)16-30-17-24(28)27-26-14-19-9-11-23(12-10-19)29-15-21-3-2-4-22(25)13-21/h2-14H,15-17H2,1H3,(H,27,28)/b26-14+. The number of carbonyl (C=O) groups is 1. The van der Waals surface area contributed by atoms with Crippen LogP contribution in [0.3, 0.4) is 0 Å². The highest BCUT2D eigenvalue weighted by molar-refractivity contribution is 7.99. The third-order valence-corrected chi connectivity index (χ3v) is 5.44. The number of ether oxygens (including phenoxy) is 1. The van der Waals surface area contributed by atoms with E-state index < -0.39 is 0 Å². The Bertz CT molecular complexity index is 989. The van der Waals surface area contributed by atoms with E-state index in [0.717, 1.165) is 22.6 Å². The summed E-state index contributed by atoms with van der Waals surface area (Å²) in [5.74, 6) is 1.80. The Hall–Kier alpha value is -2.76. The molecule has 0 saturated carbocycles. The van der Waals surface area contributed by atoms with Crippen LogP contribution in [0, 0.1) is 6.92 Å². The number of nitrogens with zero attached hydrogens (tertiary/aromatic N) is 1. The number of thioether (sulfide) groups is 1. The quantitative estimate of drug-likeness (QED) is 0.349. The van der Waals surface area contributed by atoms with E-state index in [0.29, 0.717) is 17.4 Å². The average Bonchev–Trinajstić information content (AvgIpc) is 2.75. The normalized spacial score (nSPS) is 10.9. The molecule has 3 rings (SSSR count). The number of benzene rings is 3. The number of rotatable bonds is 9. The zero-order valence-corrected chi connectivity index (χ0v) is 18.2. The molecule has 30 heavy (non-hydrogen) atoms. The number of carbonyl (C=O) groups excluding carboxylic acids is 1. The van der Waals surface area contributed by atoms with Gasteiger partial charge in [-0.15, -0.1) is 11.8 Å². The highest BCUT2D eigenvalue weighted by Gasteiger charge is 2.01. The van der Waals surface area contributed by atoms with Crippen molar-refractivity contribution in [2.75, 3.05) is 5.75 Å². The molecule has 0 aliphatic rings. The van der Waals surface area contributed by atoms with Crippen molar-refractivity contribution in [3.8, 4) is 5.75 Å². The highest BCUT2D eigenvalue weighted by atomic mass is 35.5. The van der Waals surface area contributed by atoms with Crippen molar-refractivity contribution in [1.82, 2.24) is 5.43 Å². The monoisotopic (exact) mass is 438 g/mol. The summed E-state index contributed by atoms with van der Waals surface area (Å²) in [4.78, 5) is 11.9. The second-order valence-electron chi connectivity index (χ2n) is 6.76. The van der Waals surface area contributed by atoms with E-state index >= 15 is 0 Å². The van der Waals surface area contributed by atoms with E-state index in [9.17, 15) is 4.79 Å². The minimum atomic E-state index is -0.121. The van der Waals surface area contributed by atoms with Crippen LogP contribution in [-0.2, 0) is 17.2 Å². The molecule has 0 unspecified atom stereocenters. The Labute approximate surface area is 186 Å². The van der Waals surface area contributed by atoms with Gasteiger partial charge in [-0.25, -0.2) is 5.43 Å². The lowest BCUT2D eigenvalue weighted by Crippen LogP contribution is -2.19. The number of nitrogens with one attached hydrogen (secondary N) is 1. The van der Waals surface area contributed by atoms with Crippen LogP contribution in [0.1, 0.15) is 22.3 Å². The topological polar surface area (TPSA) is 50.7 Å². The summed E-state index contributed by atoms with van der Waals surface area (Å²) in [5, 5.41) is 4.71. The first-order valence-corrected chi connectivity index (χ1v) is 11.0. The first-order chi connectivity index (χ1) is 14.6. The van der Waals surface area contributed by atoms with Crippen LogP contribution in [0.4, 0.5) is 0 Å². The van der Waals surface area contributed by atoms with E-state index in [4.69, 9.17) is 16.3 Å². The molecule has 0 aliphatic heterocycles. The van der Waals surface area contributed by atoms with Gasteiger partial charge in [0.15, 0.2) is 0 Å². The van der Waals surface area contributed by atoms with Gasteiger partial charge in [-0.3, -0.25) is 4.79 Å². The maximum absolute atomic E-state index is 11.9. The predicted octanol–water partition coefficient (Wildman–Crippen LogP) is 5.61. The molecular formula is C24H23ClN2O2S. The van der Waals surface area contributed by atoms with Crippen LogP contribution < -0.4 is 10.2 Å². The number of hydrogen-bond donors (Lipinski definition) is 1. The molecule has 0 aromatic heterocycles. The van der Waals surface area contributed by atoms with E-state index in [2.05, 4.69) is 41.7 Å². The first kappa shape index (κ1) is 21.9. The average molecular weight is 439 g/mol. The molecule has 6 heteroatoms. The molecule has 154 valence electrons. The molecule has 1 amide bonds. The van der Waals surface area contributed by atoms with Crippen molar-refractivity contribution in [2.45, 2.75) is 19.3 Å². The lowest BCUT2D eigenvalue weighted by molar-refractivity contribution is -0.118. The van der Waals surface area contributed by atoms with E-state index in [-0.39, 0.29) is 5.91 Å². The minimum Gasteiger partial charge on any atom is -0.489 e. The highest BCUT2D eigenvalue weighted by Crippen LogP contribution is 2.16. The van der Waals surface area contributed by atoms with Crippen LogP contribution in [0.15, 0.2) is 77.9 Å². The van der Waals surface area contributed by atoms with Gasteiger partial charge < -0.3 is 4.74 Å². The lowest BCUT2D eigenvalue weighted by Gasteiger charge is -2.06. The Morgan fingerprint density at radius 3 is 2.57 bits per heavy atom. The summed E-state index contributed by atoms with van der Waals surface area (Å²) in [5.41, 5.74) is 6.88. The summed E-state index contributed by atoms with van der Waals surface area (Å²) in [6.45, 7) is 2.51. The molecule has 0 fully saturated rings. The van der Waals surface area contributed by atoms with Crippen LogP contribution >= 0.6 is 23.4 Å². The number of amides is 1. The molecule has 4 nitrogen and oxygen atoms in total. The van der Waals surface area contributed by atoms with Gasteiger partial charge >= 0.3 is 0 Å². The van der Waals surface area contributed by atoms with Crippen LogP contribution in [0.25, 0.3) is 0 Å². The lowest BCUT2D eigenvalue weighted by atomic mass is 10.2. The largest absolute Gasteiger partial charge is 0.489 e. The molecule has 0 atom stereocenters. The molecule has 0 saturated heterocycles. The second kappa shape index (κ2) is 11.4. The molecule has 1 N–H and O–H groups in total. The maximum Gasteiger partial charge on any atom is 0.250 e. The van der Waals surface area contributed by atoms with Gasteiger partial charge in [0.05, 0.1) is 12.0 Å². The molecule has 0 bridgehead atoms. The van der Waals surface area contributed by atoms with Crippen LogP contribution in [0.5, 0.6) is 5.75 Å². The summed E-state index contributed by atoms with van der Waals surface area (Å²) < 4.78 is 5.76. The molecule has 3 aromatic carbocycles. The molecule has 3 aromatic rings. The van der Waals surface area contributed by atoms with Crippen molar-refractivity contribution < 1.29 is 9.53 Å². The molecule has 0 radical (unpaired) electrons. The number of halogens is 1. The van der Waals surface area contributed by atoms with Gasteiger partial charge in [0.2, 0.25) is 5.91 Å². The zero-order valence-electron chi connectivity index (χ0n) is 16.7. The van der Waals surface area contributed by atoms with E-state index in [1.165, 1.54) is 11.1 Å². The summed E-state index contributed by atoms with van der Waals surface area (Å²) in [6, 6.07) is 23.4. The Morgan fingerprint density at radius 1 is 1.07 bits per heavy atom. The van der Waals surface area contributed by atoms with Crippen molar-refractivity contribution in [3.63, 3.8) is 0 Å². The molecule has 0 heterocycles. The summed E-state index contributed by atoms with van der Waals surface area (Å²) in [7, 11) is 0. The molecular weight excluding hydrogens is 416 g/mol. The SMILES string of the molecule is Cc1ccc(CSCC(=O)N/N=C/c2ccc(OCc3cccc(Cl)c3)cc2)cc1. The Balaban J connectivity index is 1.38.